The van der Waals surface area contributed by atoms with Gasteiger partial charge >= 0.3 is 6.03 Å². The molecule has 10 nitrogen and oxygen atoms in total. The summed E-state index contributed by atoms with van der Waals surface area (Å²) in [5, 5.41) is 8.20. The van der Waals surface area contributed by atoms with Gasteiger partial charge in [0.15, 0.2) is 0 Å². The first kappa shape index (κ1) is 19.3. The molecule has 3 rings (SSSR count). The van der Waals surface area contributed by atoms with Gasteiger partial charge in [-0.3, -0.25) is 14.5 Å². The second-order valence-electron chi connectivity index (χ2n) is 6.63. The highest BCUT2D eigenvalue weighted by Gasteiger charge is 2.38. The number of nitrogens with zero attached hydrogens (tertiary/aromatic N) is 6. The highest BCUT2D eigenvalue weighted by Crippen LogP contribution is 2.19. The predicted molar refractivity (Wildman–Crippen MR) is 101 cm³/mol. The van der Waals surface area contributed by atoms with E-state index in [1.165, 1.54) is 17.3 Å². The van der Waals surface area contributed by atoms with Crippen molar-refractivity contribution >= 4 is 18.2 Å². The smallest absolute Gasteiger partial charge is 0.332 e. The Morgan fingerprint density at radius 3 is 2.68 bits per heavy atom. The molecular formula is C18H23N7O3. The van der Waals surface area contributed by atoms with Crippen LogP contribution >= 0.6 is 0 Å². The quantitative estimate of drug-likeness (QED) is 0.588. The summed E-state index contributed by atoms with van der Waals surface area (Å²) in [6.45, 7) is 6.07. The number of rotatable bonds is 6. The van der Waals surface area contributed by atoms with Gasteiger partial charge in [0.25, 0.3) is 5.91 Å². The van der Waals surface area contributed by atoms with Crippen LogP contribution in [0, 0.1) is 20.8 Å². The topological polar surface area (TPSA) is 123 Å². The van der Waals surface area contributed by atoms with E-state index in [1.807, 2.05) is 27.0 Å². The molecule has 2 aromatic rings. The fraction of sp³-hybridized carbons (Fsp3) is 0.389. The summed E-state index contributed by atoms with van der Waals surface area (Å²) in [6, 6.07) is 1.43. The van der Waals surface area contributed by atoms with Crippen molar-refractivity contribution in [2.75, 3.05) is 6.54 Å². The first-order chi connectivity index (χ1) is 13.3. The van der Waals surface area contributed by atoms with E-state index in [4.69, 9.17) is 10.3 Å². The summed E-state index contributed by atoms with van der Waals surface area (Å²) in [4.78, 5) is 31.9. The van der Waals surface area contributed by atoms with E-state index in [-0.39, 0.29) is 24.7 Å². The molecule has 1 aliphatic heterocycles. The zero-order valence-electron chi connectivity index (χ0n) is 16.3. The number of urea groups is 1. The Morgan fingerprint density at radius 2 is 2.11 bits per heavy atom. The van der Waals surface area contributed by atoms with Gasteiger partial charge in [0.1, 0.15) is 12.3 Å². The third-order valence-corrected chi connectivity index (χ3v) is 4.64. The average Bonchev–Trinajstić information content (AvgIpc) is 3.23. The number of imide groups is 1. The minimum atomic E-state index is -0.450. The molecule has 1 aliphatic rings. The second-order valence-corrected chi connectivity index (χ2v) is 6.63. The van der Waals surface area contributed by atoms with E-state index in [0.29, 0.717) is 18.0 Å². The maximum absolute atomic E-state index is 12.7. The number of carbonyl (C=O) groups excluding carboxylic acids is 2. The summed E-state index contributed by atoms with van der Waals surface area (Å²) >= 11 is 0. The van der Waals surface area contributed by atoms with Crippen LogP contribution in [0.15, 0.2) is 27.5 Å². The minimum Gasteiger partial charge on any atom is -0.403 e. The van der Waals surface area contributed by atoms with Gasteiger partial charge in [-0.25, -0.2) is 9.69 Å². The van der Waals surface area contributed by atoms with Crippen LogP contribution in [0.25, 0.3) is 0 Å². The minimum absolute atomic E-state index is 0.0382. The molecule has 0 unspecified atom stereocenters. The summed E-state index contributed by atoms with van der Waals surface area (Å²) in [5.41, 5.74) is 9.17. The molecule has 28 heavy (non-hydrogen) atoms. The first-order valence-electron chi connectivity index (χ1n) is 8.76. The zero-order chi connectivity index (χ0) is 20.4. The molecule has 0 radical (unpaired) electrons. The lowest BCUT2D eigenvalue weighted by atomic mass is 10.2. The number of hydrogen-bond acceptors (Lipinski definition) is 7. The first-order valence-corrected chi connectivity index (χ1v) is 8.76. The molecule has 0 saturated carbocycles. The van der Waals surface area contributed by atoms with Crippen LogP contribution in [0.2, 0.25) is 0 Å². The summed E-state index contributed by atoms with van der Waals surface area (Å²) < 4.78 is 6.82. The van der Waals surface area contributed by atoms with Crippen LogP contribution in [0.3, 0.4) is 0 Å². The SMILES string of the molecule is Cc1noc(C)c1CN=CC(=CN)N1C(=O)CN(Cc2cc(C)n(C)n2)C1=O. The number of aliphatic imine (C=N–C) groups is 1. The number of aryl methyl sites for hydroxylation is 4. The van der Waals surface area contributed by atoms with E-state index >= 15 is 0 Å². The van der Waals surface area contributed by atoms with E-state index < -0.39 is 6.03 Å². The molecule has 2 aromatic heterocycles. The van der Waals surface area contributed by atoms with Gasteiger partial charge in [-0.2, -0.15) is 5.10 Å². The Morgan fingerprint density at radius 1 is 1.36 bits per heavy atom. The van der Waals surface area contributed by atoms with Crippen LogP contribution in [-0.2, 0) is 24.9 Å². The van der Waals surface area contributed by atoms with Crippen molar-refractivity contribution in [2.45, 2.75) is 33.9 Å². The van der Waals surface area contributed by atoms with Gasteiger partial charge < -0.3 is 15.2 Å². The lowest BCUT2D eigenvalue weighted by Crippen LogP contribution is -2.33. The molecule has 3 amide bonds. The third kappa shape index (κ3) is 3.66. The van der Waals surface area contributed by atoms with Gasteiger partial charge in [-0.15, -0.1) is 0 Å². The Hall–Kier alpha value is -3.43. The highest BCUT2D eigenvalue weighted by molar-refractivity contribution is 6.07. The Labute approximate surface area is 162 Å². The van der Waals surface area contributed by atoms with Crippen LogP contribution in [-0.4, -0.2) is 49.4 Å². The van der Waals surface area contributed by atoms with Crippen molar-refractivity contribution in [2.24, 2.45) is 17.8 Å². The Balaban J connectivity index is 1.71. The monoisotopic (exact) mass is 385 g/mol. The van der Waals surface area contributed by atoms with E-state index in [2.05, 4.69) is 15.2 Å². The molecule has 0 atom stereocenters. The number of aromatic nitrogens is 3. The van der Waals surface area contributed by atoms with Crippen LogP contribution in [0.1, 0.15) is 28.4 Å². The predicted octanol–water partition coefficient (Wildman–Crippen LogP) is 1.17. The molecule has 0 aliphatic carbocycles. The molecule has 3 heterocycles. The van der Waals surface area contributed by atoms with Crippen LogP contribution in [0.5, 0.6) is 0 Å². The Kier molecular flexibility index (Phi) is 5.30. The van der Waals surface area contributed by atoms with E-state index in [1.54, 1.807) is 11.6 Å². The van der Waals surface area contributed by atoms with Crippen molar-refractivity contribution in [3.05, 3.63) is 46.4 Å². The number of hydrogen-bond donors (Lipinski definition) is 1. The number of carbonyl (C=O) groups is 2. The zero-order valence-corrected chi connectivity index (χ0v) is 16.3. The van der Waals surface area contributed by atoms with E-state index in [9.17, 15) is 9.59 Å². The van der Waals surface area contributed by atoms with Gasteiger partial charge in [-0.05, 0) is 26.8 Å². The fourth-order valence-corrected chi connectivity index (χ4v) is 2.97. The van der Waals surface area contributed by atoms with Crippen molar-refractivity contribution in [1.29, 1.82) is 0 Å². The Bertz CT molecular complexity index is 931. The van der Waals surface area contributed by atoms with Gasteiger partial charge in [0, 0.05) is 30.7 Å². The van der Waals surface area contributed by atoms with Crippen LogP contribution in [0.4, 0.5) is 4.79 Å². The lowest BCUT2D eigenvalue weighted by Gasteiger charge is -2.16. The lowest BCUT2D eigenvalue weighted by molar-refractivity contribution is -0.123. The maximum atomic E-state index is 12.7. The number of amides is 3. The van der Waals surface area contributed by atoms with Gasteiger partial charge in [0.05, 0.1) is 30.2 Å². The molecule has 2 N–H and O–H groups in total. The molecule has 1 fully saturated rings. The van der Waals surface area contributed by atoms with E-state index in [0.717, 1.165) is 21.9 Å². The van der Waals surface area contributed by atoms with Crippen LogP contribution < -0.4 is 5.73 Å². The largest absolute Gasteiger partial charge is 0.403 e. The molecule has 10 heteroatoms. The maximum Gasteiger partial charge on any atom is 0.332 e. The van der Waals surface area contributed by atoms with Crippen molar-refractivity contribution < 1.29 is 14.1 Å². The normalized spacial score (nSPS) is 15.5. The standard InChI is InChI=1S/C18H23N7O3/c1-11-5-14(21-23(11)4)9-24-10-17(26)25(18(24)27)15(6-19)7-20-8-16-12(2)22-28-13(16)3/h5-7H,8-10,19H2,1-4H3. The summed E-state index contributed by atoms with van der Waals surface area (Å²) in [6.07, 6.45) is 2.61. The fourth-order valence-electron chi connectivity index (χ4n) is 2.97. The number of allylic oxidation sites excluding steroid dienone is 1. The average molecular weight is 385 g/mol. The molecule has 0 aromatic carbocycles. The third-order valence-electron chi connectivity index (χ3n) is 4.64. The van der Waals surface area contributed by atoms with Crippen molar-refractivity contribution in [3.8, 4) is 0 Å². The highest BCUT2D eigenvalue weighted by atomic mass is 16.5. The van der Waals surface area contributed by atoms with Crippen molar-refractivity contribution in [3.63, 3.8) is 0 Å². The molecule has 1 saturated heterocycles. The van der Waals surface area contributed by atoms with Gasteiger partial charge in [-0.1, -0.05) is 5.16 Å². The van der Waals surface area contributed by atoms with Gasteiger partial charge in [0.2, 0.25) is 0 Å². The molecule has 0 bridgehead atoms. The molecule has 148 valence electrons. The molecular weight excluding hydrogens is 362 g/mol. The number of nitrogens with two attached hydrogens (primary N) is 1. The summed E-state index contributed by atoms with van der Waals surface area (Å²) in [5.74, 6) is 0.316. The van der Waals surface area contributed by atoms with Crippen molar-refractivity contribution in [1.82, 2.24) is 24.7 Å². The summed E-state index contributed by atoms with van der Waals surface area (Å²) in [7, 11) is 1.83. The molecule has 0 spiro atoms. The second kappa shape index (κ2) is 7.67.